The fourth-order valence-electron chi connectivity index (χ4n) is 3.41. The number of benzene rings is 2. The molecule has 148 valence electrons. The van der Waals surface area contributed by atoms with E-state index in [4.69, 9.17) is 26.8 Å². The third-order valence-corrected chi connectivity index (χ3v) is 5.10. The molecule has 1 aliphatic heterocycles. The number of likely N-dealkylation sites (tertiary alicyclic amines) is 1. The molecule has 28 heavy (non-hydrogen) atoms. The first-order valence-electron chi connectivity index (χ1n) is 9.10. The molecule has 7 heteroatoms. The Morgan fingerprint density at radius 2 is 1.75 bits per heavy atom. The Morgan fingerprint density at radius 1 is 1.11 bits per heavy atom. The van der Waals surface area contributed by atoms with E-state index in [1.807, 2.05) is 0 Å². The zero-order chi connectivity index (χ0) is 20.1. The molecule has 0 radical (unpaired) electrons. The number of methoxy groups -OCH3 is 1. The molecule has 0 aliphatic carbocycles. The van der Waals surface area contributed by atoms with Gasteiger partial charge in [-0.05, 0) is 48.5 Å². The Morgan fingerprint density at radius 3 is 2.36 bits per heavy atom. The first kappa shape index (κ1) is 20.0. The maximum Gasteiger partial charge on any atom is 0.253 e. The zero-order valence-corrected chi connectivity index (χ0v) is 16.4. The molecule has 2 amide bonds. The van der Waals surface area contributed by atoms with Crippen molar-refractivity contribution in [3.8, 4) is 11.5 Å². The van der Waals surface area contributed by atoms with E-state index in [0.29, 0.717) is 41.6 Å². The number of halogens is 1. The highest BCUT2D eigenvalue weighted by Gasteiger charge is 2.34. The second-order valence-electron chi connectivity index (χ2n) is 6.81. The number of piperidine rings is 1. The lowest BCUT2D eigenvalue weighted by molar-refractivity contribution is -0.120. The van der Waals surface area contributed by atoms with Gasteiger partial charge in [0.1, 0.15) is 17.6 Å². The van der Waals surface area contributed by atoms with Crippen molar-refractivity contribution in [2.24, 2.45) is 11.7 Å². The largest absolute Gasteiger partial charge is 0.497 e. The second kappa shape index (κ2) is 8.97. The van der Waals surface area contributed by atoms with Gasteiger partial charge in [-0.2, -0.15) is 0 Å². The average Bonchev–Trinajstić information content (AvgIpc) is 2.70. The molecule has 2 N–H and O–H groups in total. The Labute approximate surface area is 169 Å². The third kappa shape index (κ3) is 4.95. The number of hydrogen-bond donors (Lipinski definition) is 1. The number of carbonyl (C=O) groups is 2. The van der Waals surface area contributed by atoms with Crippen LogP contribution in [-0.4, -0.2) is 43.0 Å². The highest BCUT2D eigenvalue weighted by Crippen LogP contribution is 2.27. The van der Waals surface area contributed by atoms with Crippen LogP contribution in [0.1, 0.15) is 23.2 Å². The van der Waals surface area contributed by atoms with E-state index < -0.39 is 5.91 Å². The zero-order valence-electron chi connectivity index (χ0n) is 15.6. The van der Waals surface area contributed by atoms with Gasteiger partial charge in [0.05, 0.1) is 7.11 Å². The predicted octanol–water partition coefficient (Wildman–Crippen LogP) is 3.13. The van der Waals surface area contributed by atoms with Crippen molar-refractivity contribution in [3.05, 3.63) is 59.1 Å². The molecule has 0 spiro atoms. The quantitative estimate of drug-likeness (QED) is 0.804. The first-order chi connectivity index (χ1) is 13.5. The molecule has 3 rings (SSSR count). The van der Waals surface area contributed by atoms with Crippen LogP contribution in [0.4, 0.5) is 0 Å². The Balaban J connectivity index is 1.70. The van der Waals surface area contributed by atoms with Gasteiger partial charge in [0.25, 0.3) is 5.91 Å². The third-order valence-electron chi connectivity index (χ3n) is 4.85. The van der Waals surface area contributed by atoms with Gasteiger partial charge in [0, 0.05) is 42.4 Å². The summed E-state index contributed by atoms with van der Waals surface area (Å²) in [6.07, 6.45) is 0.571. The van der Waals surface area contributed by atoms with E-state index in [-0.39, 0.29) is 24.3 Å². The summed E-state index contributed by atoms with van der Waals surface area (Å²) in [5.41, 5.74) is 6.01. The van der Waals surface area contributed by atoms with Crippen LogP contribution in [0.5, 0.6) is 11.5 Å². The highest BCUT2D eigenvalue weighted by atomic mass is 35.5. The number of nitrogens with zero attached hydrogens (tertiary/aromatic N) is 1. The van der Waals surface area contributed by atoms with Gasteiger partial charge in [-0.3, -0.25) is 9.59 Å². The lowest BCUT2D eigenvalue weighted by Gasteiger charge is -2.38. The molecule has 1 heterocycles. The van der Waals surface area contributed by atoms with Crippen LogP contribution in [0, 0.1) is 5.92 Å². The SMILES string of the molecule is COc1ccc(C(=O)N2CC[C@H](Oc3ccc(Cl)cc3)[C@@H](CC(N)=O)C2)cc1. The highest BCUT2D eigenvalue weighted by molar-refractivity contribution is 6.30. The topological polar surface area (TPSA) is 81.9 Å². The van der Waals surface area contributed by atoms with Gasteiger partial charge in [-0.15, -0.1) is 0 Å². The van der Waals surface area contributed by atoms with Gasteiger partial charge in [-0.1, -0.05) is 11.6 Å². The normalized spacial score (nSPS) is 19.1. The first-order valence-corrected chi connectivity index (χ1v) is 9.48. The summed E-state index contributed by atoms with van der Waals surface area (Å²) in [5.74, 6) is 0.705. The van der Waals surface area contributed by atoms with Crippen molar-refractivity contribution < 1.29 is 19.1 Å². The molecule has 1 fully saturated rings. The minimum atomic E-state index is -0.409. The van der Waals surface area contributed by atoms with Crippen LogP contribution >= 0.6 is 11.6 Å². The van der Waals surface area contributed by atoms with E-state index in [1.54, 1.807) is 60.5 Å². The minimum Gasteiger partial charge on any atom is -0.497 e. The predicted molar refractivity (Wildman–Crippen MR) is 107 cm³/mol. The molecule has 1 aliphatic rings. The number of rotatable bonds is 6. The van der Waals surface area contributed by atoms with Gasteiger partial charge in [0.15, 0.2) is 0 Å². The molecule has 1 saturated heterocycles. The van der Waals surface area contributed by atoms with Crippen LogP contribution in [0.3, 0.4) is 0 Å². The molecule has 0 aromatic heterocycles. The Bertz CT molecular complexity index is 823. The lowest BCUT2D eigenvalue weighted by Crippen LogP contribution is -2.49. The van der Waals surface area contributed by atoms with E-state index in [9.17, 15) is 9.59 Å². The fraction of sp³-hybridized carbons (Fsp3) is 0.333. The smallest absolute Gasteiger partial charge is 0.253 e. The molecule has 2 aromatic carbocycles. The number of nitrogens with two attached hydrogens (primary N) is 1. The van der Waals surface area contributed by atoms with Gasteiger partial charge in [0.2, 0.25) is 5.91 Å². The standard InChI is InChI=1S/C21H23ClN2O4/c1-27-17-6-2-14(3-7-17)21(26)24-11-10-19(15(13-24)12-20(23)25)28-18-8-4-16(22)5-9-18/h2-9,15,19H,10-13H2,1H3,(H2,23,25)/t15-,19-/m0/s1. The minimum absolute atomic E-state index is 0.0814. The Hall–Kier alpha value is -2.73. The summed E-state index contributed by atoms with van der Waals surface area (Å²) >= 11 is 5.91. The fourth-order valence-corrected chi connectivity index (χ4v) is 3.53. The summed E-state index contributed by atoms with van der Waals surface area (Å²) in [6, 6.07) is 14.1. The lowest BCUT2D eigenvalue weighted by atomic mass is 9.90. The molecule has 6 nitrogen and oxygen atoms in total. The summed E-state index contributed by atoms with van der Waals surface area (Å²) in [5, 5.41) is 0.626. The van der Waals surface area contributed by atoms with Crippen LogP contribution < -0.4 is 15.2 Å². The van der Waals surface area contributed by atoms with Crippen molar-refractivity contribution in [2.45, 2.75) is 18.9 Å². The molecule has 2 aromatic rings. The van der Waals surface area contributed by atoms with Crippen LogP contribution in [0.25, 0.3) is 0 Å². The van der Waals surface area contributed by atoms with E-state index in [0.717, 1.165) is 0 Å². The van der Waals surface area contributed by atoms with Gasteiger partial charge < -0.3 is 20.1 Å². The summed E-state index contributed by atoms with van der Waals surface area (Å²) in [7, 11) is 1.58. The van der Waals surface area contributed by atoms with Crippen molar-refractivity contribution in [2.75, 3.05) is 20.2 Å². The molecule has 0 saturated carbocycles. The molecule has 2 atom stereocenters. The monoisotopic (exact) mass is 402 g/mol. The van der Waals surface area contributed by atoms with E-state index in [1.165, 1.54) is 0 Å². The average molecular weight is 403 g/mol. The number of ether oxygens (including phenoxy) is 2. The van der Waals surface area contributed by atoms with Gasteiger partial charge in [-0.25, -0.2) is 0 Å². The summed E-state index contributed by atoms with van der Waals surface area (Å²) in [4.78, 5) is 26.2. The number of amides is 2. The number of primary amides is 1. The van der Waals surface area contributed by atoms with Crippen molar-refractivity contribution >= 4 is 23.4 Å². The molecule has 0 bridgehead atoms. The van der Waals surface area contributed by atoms with Crippen LogP contribution in [0.15, 0.2) is 48.5 Å². The number of hydrogen-bond acceptors (Lipinski definition) is 4. The van der Waals surface area contributed by atoms with Crippen molar-refractivity contribution in [3.63, 3.8) is 0 Å². The van der Waals surface area contributed by atoms with Crippen molar-refractivity contribution in [1.82, 2.24) is 4.90 Å². The summed E-state index contributed by atoms with van der Waals surface area (Å²) in [6.45, 7) is 0.949. The molecular weight excluding hydrogens is 380 g/mol. The Kier molecular flexibility index (Phi) is 6.41. The molecule has 0 unspecified atom stereocenters. The van der Waals surface area contributed by atoms with E-state index in [2.05, 4.69) is 0 Å². The van der Waals surface area contributed by atoms with Crippen LogP contribution in [-0.2, 0) is 4.79 Å². The van der Waals surface area contributed by atoms with Crippen molar-refractivity contribution in [1.29, 1.82) is 0 Å². The van der Waals surface area contributed by atoms with Crippen LogP contribution in [0.2, 0.25) is 5.02 Å². The van der Waals surface area contributed by atoms with Gasteiger partial charge >= 0.3 is 0 Å². The summed E-state index contributed by atoms with van der Waals surface area (Å²) < 4.78 is 11.2. The molecular formula is C21H23ClN2O4. The van der Waals surface area contributed by atoms with E-state index >= 15 is 0 Å². The maximum atomic E-state index is 12.8. The maximum absolute atomic E-state index is 12.8. The second-order valence-corrected chi connectivity index (χ2v) is 7.25. The number of carbonyl (C=O) groups excluding carboxylic acids is 2.